The molecule has 0 saturated heterocycles. The second-order valence-corrected chi connectivity index (χ2v) is 3.83. The van der Waals surface area contributed by atoms with E-state index < -0.39 is 0 Å². The first-order chi connectivity index (χ1) is 5.83. The second-order valence-electron chi connectivity index (χ2n) is 2.83. The molecule has 3 nitrogen and oxygen atoms in total. The van der Waals surface area contributed by atoms with E-state index in [1.165, 1.54) is 0 Å². The normalized spacial score (nSPS) is 13.2. The Hall–Kier alpha value is -0.480. The van der Waals surface area contributed by atoms with E-state index in [1.54, 1.807) is 18.0 Å². The number of aliphatic hydroxyl groups is 1. The molecular formula is C8H14N2OS. The Morgan fingerprint density at radius 2 is 2.50 bits per heavy atom. The summed E-state index contributed by atoms with van der Waals surface area (Å²) in [6, 6.07) is 1.91. The first-order valence-corrected chi connectivity index (χ1v) is 5.14. The second kappa shape index (κ2) is 5.22. The number of rotatable bonds is 5. The lowest BCUT2D eigenvalue weighted by molar-refractivity contribution is 0.250. The Morgan fingerprint density at radius 3 is 3.08 bits per heavy atom. The van der Waals surface area contributed by atoms with Crippen LogP contribution in [0.25, 0.3) is 0 Å². The number of nitrogens with zero attached hydrogens (tertiary/aromatic N) is 2. The zero-order valence-corrected chi connectivity index (χ0v) is 8.00. The molecule has 1 heterocycles. The van der Waals surface area contributed by atoms with Gasteiger partial charge >= 0.3 is 0 Å². The summed E-state index contributed by atoms with van der Waals surface area (Å²) in [5, 5.41) is 12.8. The summed E-state index contributed by atoms with van der Waals surface area (Å²) in [4.78, 5) is 0. The zero-order valence-electron chi connectivity index (χ0n) is 7.18. The van der Waals surface area contributed by atoms with Crippen LogP contribution in [0.15, 0.2) is 18.5 Å². The molecule has 0 amide bonds. The highest BCUT2D eigenvalue weighted by Gasteiger charge is 1.99. The van der Waals surface area contributed by atoms with Gasteiger partial charge in [-0.1, -0.05) is 6.92 Å². The van der Waals surface area contributed by atoms with Gasteiger partial charge in [-0.2, -0.15) is 5.10 Å². The first kappa shape index (κ1) is 9.61. The van der Waals surface area contributed by atoms with Crippen LogP contribution >= 0.6 is 11.8 Å². The van der Waals surface area contributed by atoms with Gasteiger partial charge < -0.3 is 5.11 Å². The van der Waals surface area contributed by atoms with E-state index in [9.17, 15) is 0 Å². The summed E-state index contributed by atoms with van der Waals surface area (Å²) in [5.41, 5.74) is 0. The Kier molecular flexibility index (Phi) is 4.18. The molecule has 0 spiro atoms. The lowest BCUT2D eigenvalue weighted by Gasteiger charge is -2.06. The number of hydrogen-bond donors (Lipinski definition) is 1. The third-order valence-electron chi connectivity index (χ3n) is 1.50. The highest BCUT2D eigenvalue weighted by molar-refractivity contribution is 7.98. The summed E-state index contributed by atoms with van der Waals surface area (Å²) in [6.45, 7) is 2.31. The van der Waals surface area contributed by atoms with Crippen LogP contribution in [-0.2, 0) is 5.88 Å². The lowest BCUT2D eigenvalue weighted by Crippen LogP contribution is -2.05. The van der Waals surface area contributed by atoms with Gasteiger partial charge in [0.05, 0.1) is 5.88 Å². The van der Waals surface area contributed by atoms with Crippen LogP contribution < -0.4 is 0 Å². The molecule has 4 heteroatoms. The van der Waals surface area contributed by atoms with E-state index in [1.807, 2.05) is 23.9 Å². The third kappa shape index (κ3) is 3.28. The molecule has 0 radical (unpaired) electrons. The zero-order chi connectivity index (χ0) is 8.81. The molecule has 0 aliphatic rings. The minimum absolute atomic E-state index is 0.270. The van der Waals surface area contributed by atoms with Gasteiger partial charge in [-0.25, -0.2) is 0 Å². The fraction of sp³-hybridized carbons (Fsp3) is 0.625. The van der Waals surface area contributed by atoms with Crippen LogP contribution in [0.1, 0.15) is 6.92 Å². The molecule has 0 aromatic carbocycles. The smallest absolute Gasteiger partial charge is 0.0863 e. The standard InChI is InChI=1S/C8H14N2OS/c1-8(5-11)6-12-7-10-4-2-3-9-10/h2-4,8,11H,5-7H2,1H3. The number of aliphatic hydroxyl groups excluding tert-OH is 1. The highest BCUT2D eigenvalue weighted by atomic mass is 32.2. The van der Waals surface area contributed by atoms with E-state index in [2.05, 4.69) is 5.10 Å². The van der Waals surface area contributed by atoms with Gasteiger partial charge in [0.15, 0.2) is 0 Å². The highest BCUT2D eigenvalue weighted by Crippen LogP contribution is 2.09. The van der Waals surface area contributed by atoms with Crippen LogP contribution in [0.4, 0.5) is 0 Å². The molecule has 1 aromatic rings. The minimum Gasteiger partial charge on any atom is -0.396 e. The molecule has 12 heavy (non-hydrogen) atoms. The van der Waals surface area contributed by atoms with Gasteiger partial charge in [-0.15, -0.1) is 11.8 Å². The van der Waals surface area contributed by atoms with E-state index in [4.69, 9.17) is 5.11 Å². The Balaban J connectivity index is 2.11. The third-order valence-corrected chi connectivity index (χ3v) is 2.75. The molecule has 1 rings (SSSR count). The Labute approximate surface area is 76.8 Å². The van der Waals surface area contributed by atoms with E-state index >= 15 is 0 Å². The van der Waals surface area contributed by atoms with Gasteiger partial charge in [-0.3, -0.25) is 4.68 Å². The molecule has 1 atom stereocenters. The SMILES string of the molecule is CC(CO)CSCn1cccn1. The van der Waals surface area contributed by atoms with Crippen molar-refractivity contribution in [2.75, 3.05) is 12.4 Å². The molecule has 0 bridgehead atoms. The molecule has 1 N–H and O–H groups in total. The fourth-order valence-electron chi connectivity index (χ4n) is 0.777. The molecule has 0 saturated carbocycles. The van der Waals surface area contributed by atoms with Crippen molar-refractivity contribution in [1.29, 1.82) is 0 Å². The average molecular weight is 186 g/mol. The number of hydrogen-bond acceptors (Lipinski definition) is 3. The molecule has 68 valence electrons. The van der Waals surface area contributed by atoms with E-state index in [0.717, 1.165) is 11.6 Å². The van der Waals surface area contributed by atoms with Crippen LogP contribution in [0.2, 0.25) is 0 Å². The molecule has 0 aliphatic heterocycles. The summed E-state index contributed by atoms with van der Waals surface area (Å²) in [7, 11) is 0. The average Bonchev–Trinajstić information content (AvgIpc) is 2.57. The quantitative estimate of drug-likeness (QED) is 0.751. The van der Waals surface area contributed by atoms with Gasteiger partial charge in [-0.05, 0) is 17.7 Å². The van der Waals surface area contributed by atoms with Crippen LogP contribution in [-0.4, -0.2) is 27.2 Å². The minimum atomic E-state index is 0.270. The molecule has 1 aromatic heterocycles. The van der Waals surface area contributed by atoms with Crippen molar-refractivity contribution in [3.8, 4) is 0 Å². The maximum atomic E-state index is 8.76. The maximum absolute atomic E-state index is 8.76. The molecule has 0 fully saturated rings. The van der Waals surface area contributed by atoms with Crippen molar-refractivity contribution >= 4 is 11.8 Å². The predicted octanol–water partition coefficient (Wildman–Crippen LogP) is 1.20. The van der Waals surface area contributed by atoms with Gasteiger partial charge in [0, 0.05) is 19.0 Å². The van der Waals surface area contributed by atoms with E-state index in [-0.39, 0.29) is 6.61 Å². The molecular weight excluding hydrogens is 172 g/mol. The number of thioether (sulfide) groups is 1. The number of aromatic nitrogens is 2. The van der Waals surface area contributed by atoms with Gasteiger partial charge in [0.25, 0.3) is 0 Å². The van der Waals surface area contributed by atoms with Gasteiger partial charge in [0.1, 0.15) is 0 Å². The van der Waals surface area contributed by atoms with Crippen molar-refractivity contribution in [2.45, 2.75) is 12.8 Å². The van der Waals surface area contributed by atoms with Crippen molar-refractivity contribution in [3.05, 3.63) is 18.5 Å². The summed E-state index contributed by atoms with van der Waals surface area (Å²) in [6.07, 6.45) is 3.71. The van der Waals surface area contributed by atoms with Crippen molar-refractivity contribution in [2.24, 2.45) is 5.92 Å². The summed E-state index contributed by atoms with van der Waals surface area (Å²) in [5.74, 6) is 2.24. The van der Waals surface area contributed by atoms with Crippen LogP contribution in [0.5, 0.6) is 0 Å². The summed E-state index contributed by atoms with van der Waals surface area (Å²) >= 11 is 1.78. The maximum Gasteiger partial charge on any atom is 0.0863 e. The Morgan fingerprint density at radius 1 is 1.67 bits per heavy atom. The lowest BCUT2D eigenvalue weighted by atomic mass is 10.2. The van der Waals surface area contributed by atoms with Crippen molar-refractivity contribution in [1.82, 2.24) is 9.78 Å². The van der Waals surface area contributed by atoms with Crippen molar-refractivity contribution in [3.63, 3.8) is 0 Å². The summed E-state index contributed by atoms with van der Waals surface area (Å²) < 4.78 is 1.88. The van der Waals surface area contributed by atoms with E-state index in [0.29, 0.717) is 5.92 Å². The topological polar surface area (TPSA) is 38.0 Å². The largest absolute Gasteiger partial charge is 0.396 e. The predicted molar refractivity (Wildman–Crippen MR) is 50.9 cm³/mol. The first-order valence-electron chi connectivity index (χ1n) is 3.99. The van der Waals surface area contributed by atoms with Crippen molar-refractivity contribution < 1.29 is 5.11 Å². The van der Waals surface area contributed by atoms with Gasteiger partial charge in [0.2, 0.25) is 0 Å². The van der Waals surface area contributed by atoms with Crippen LogP contribution in [0, 0.1) is 5.92 Å². The molecule has 1 unspecified atom stereocenters. The van der Waals surface area contributed by atoms with Crippen LogP contribution in [0.3, 0.4) is 0 Å². The monoisotopic (exact) mass is 186 g/mol. The fourth-order valence-corrected chi connectivity index (χ4v) is 1.73. The Bertz CT molecular complexity index is 201. The molecule has 0 aliphatic carbocycles.